The Hall–Kier alpha value is -2.64. The molecule has 28 heavy (non-hydrogen) atoms. The molecule has 0 heterocycles. The number of rotatable bonds is 6. The van der Waals surface area contributed by atoms with Crippen LogP contribution in [-0.4, -0.2) is 15.5 Å². The molecule has 8 heteroatoms. The highest BCUT2D eigenvalue weighted by Gasteiger charge is 2.27. The maximum Gasteiger partial charge on any atom is 0.264 e. The third kappa shape index (κ3) is 4.10. The van der Waals surface area contributed by atoms with Gasteiger partial charge in [0.25, 0.3) is 10.0 Å². The van der Waals surface area contributed by atoms with E-state index >= 15 is 0 Å². The molecule has 0 amide bonds. The Morgan fingerprint density at radius 1 is 0.964 bits per heavy atom. The van der Waals surface area contributed by atoms with Gasteiger partial charge in [-0.1, -0.05) is 17.7 Å². The molecular formula is C20H16ClF2NO3S. The number of halogens is 3. The van der Waals surface area contributed by atoms with E-state index in [1.165, 1.54) is 61.7 Å². The number of methoxy groups -OCH3 is 1. The molecule has 0 radical (unpaired) electrons. The van der Waals surface area contributed by atoms with Gasteiger partial charge in [0.15, 0.2) is 0 Å². The number of anilines is 1. The van der Waals surface area contributed by atoms with Crippen LogP contribution in [0.25, 0.3) is 0 Å². The van der Waals surface area contributed by atoms with Crippen molar-refractivity contribution in [2.45, 2.75) is 11.4 Å². The Morgan fingerprint density at radius 3 is 2.18 bits per heavy atom. The molecule has 0 aromatic heterocycles. The van der Waals surface area contributed by atoms with Crippen LogP contribution in [0.5, 0.6) is 5.75 Å². The zero-order chi connectivity index (χ0) is 20.3. The summed E-state index contributed by atoms with van der Waals surface area (Å²) in [7, 11) is -2.63. The van der Waals surface area contributed by atoms with Gasteiger partial charge in [0.2, 0.25) is 0 Å². The van der Waals surface area contributed by atoms with Crippen molar-refractivity contribution < 1.29 is 21.9 Å². The average Bonchev–Trinajstić information content (AvgIpc) is 2.68. The van der Waals surface area contributed by atoms with Crippen molar-refractivity contribution in [1.82, 2.24) is 0 Å². The highest BCUT2D eigenvalue weighted by Crippen LogP contribution is 2.30. The van der Waals surface area contributed by atoms with Crippen molar-refractivity contribution in [3.63, 3.8) is 0 Å². The summed E-state index contributed by atoms with van der Waals surface area (Å²) in [5, 5.41) is 0.0945. The van der Waals surface area contributed by atoms with Crippen LogP contribution in [0.4, 0.5) is 14.5 Å². The molecule has 0 bridgehead atoms. The Balaban J connectivity index is 2.10. The van der Waals surface area contributed by atoms with E-state index < -0.39 is 21.7 Å². The Bertz CT molecular complexity index is 1050. The van der Waals surface area contributed by atoms with E-state index in [0.717, 1.165) is 16.4 Å². The molecule has 0 aliphatic carbocycles. The topological polar surface area (TPSA) is 46.6 Å². The summed E-state index contributed by atoms with van der Waals surface area (Å²) >= 11 is 6.08. The summed E-state index contributed by atoms with van der Waals surface area (Å²) in [5.41, 5.74) is 0.196. The van der Waals surface area contributed by atoms with Gasteiger partial charge >= 0.3 is 0 Å². The van der Waals surface area contributed by atoms with Crippen molar-refractivity contribution in [3.05, 3.63) is 89.0 Å². The molecule has 0 saturated heterocycles. The minimum atomic E-state index is -4.09. The fraction of sp³-hybridized carbons (Fsp3) is 0.100. The highest BCUT2D eigenvalue weighted by molar-refractivity contribution is 7.92. The Kier molecular flexibility index (Phi) is 5.86. The van der Waals surface area contributed by atoms with Crippen LogP contribution in [0.2, 0.25) is 5.02 Å². The second-order valence-corrected chi connectivity index (χ2v) is 8.13. The van der Waals surface area contributed by atoms with Gasteiger partial charge < -0.3 is 4.74 Å². The second-order valence-electron chi connectivity index (χ2n) is 5.86. The number of ether oxygens (including phenoxy) is 1. The third-order valence-corrected chi connectivity index (χ3v) is 6.27. The van der Waals surface area contributed by atoms with Crippen LogP contribution in [0.1, 0.15) is 5.56 Å². The number of nitrogens with zero attached hydrogens (tertiary/aromatic N) is 1. The molecule has 4 nitrogen and oxygen atoms in total. The van der Waals surface area contributed by atoms with Crippen LogP contribution in [0.15, 0.2) is 71.6 Å². The number of hydrogen-bond donors (Lipinski definition) is 0. The largest absolute Gasteiger partial charge is 0.497 e. The Morgan fingerprint density at radius 2 is 1.61 bits per heavy atom. The fourth-order valence-corrected chi connectivity index (χ4v) is 4.28. The molecule has 0 atom stereocenters. The lowest BCUT2D eigenvalue weighted by Gasteiger charge is -2.25. The van der Waals surface area contributed by atoms with Gasteiger partial charge in [-0.15, -0.1) is 0 Å². The molecule has 0 spiro atoms. The van der Waals surface area contributed by atoms with Gasteiger partial charge in [0, 0.05) is 10.6 Å². The maximum absolute atomic E-state index is 14.3. The first-order valence-electron chi connectivity index (χ1n) is 8.18. The first-order valence-corrected chi connectivity index (χ1v) is 10.00. The lowest BCUT2D eigenvalue weighted by molar-refractivity contribution is 0.414. The fourth-order valence-electron chi connectivity index (χ4n) is 2.62. The van der Waals surface area contributed by atoms with Crippen LogP contribution in [0.3, 0.4) is 0 Å². The predicted molar refractivity (Wildman–Crippen MR) is 104 cm³/mol. The molecule has 0 saturated carbocycles. The summed E-state index contributed by atoms with van der Waals surface area (Å²) in [6.45, 7) is -0.356. The van der Waals surface area contributed by atoms with E-state index in [-0.39, 0.29) is 27.7 Å². The molecule has 146 valence electrons. The third-order valence-electron chi connectivity index (χ3n) is 4.13. The molecular weight excluding hydrogens is 408 g/mol. The van der Waals surface area contributed by atoms with E-state index in [1.807, 2.05) is 0 Å². The minimum absolute atomic E-state index is 0.0191. The molecule has 0 unspecified atom stereocenters. The van der Waals surface area contributed by atoms with Crippen molar-refractivity contribution in [2.24, 2.45) is 0 Å². The first kappa shape index (κ1) is 20.1. The molecule has 0 N–H and O–H groups in total. The van der Waals surface area contributed by atoms with Crippen LogP contribution in [0, 0.1) is 11.6 Å². The zero-order valence-corrected chi connectivity index (χ0v) is 16.3. The SMILES string of the molecule is COc1ccc(S(=O)(=O)N(Cc2c(F)cccc2Cl)c2ccc(F)cc2)cc1. The molecule has 0 aliphatic heterocycles. The van der Waals surface area contributed by atoms with Gasteiger partial charge in [0.05, 0.1) is 24.2 Å². The van der Waals surface area contributed by atoms with Gasteiger partial charge in [-0.2, -0.15) is 0 Å². The van der Waals surface area contributed by atoms with Crippen molar-refractivity contribution in [3.8, 4) is 5.75 Å². The quantitative estimate of drug-likeness (QED) is 0.559. The number of hydrogen-bond acceptors (Lipinski definition) is 3. The lowest BCUT2D eigenvalue weighted by atomic mass is 10.2. The minimum Gasteiger partial charge on any atom is -0.497 e. The van der Waals surface area contributed by atoms with E-state index in [0.29, 0.717) is 5.75 Å². The lowest BCUT2D eigenvalue weighted by Crippen LogP contribution is -2.31. The zero-order valence-electron chi connectivity index (χ0n) is 14.8. The van der Waals surface area contributed by atoms with Crippen LogP contribution in [-0.2, 0) is 16.6 Å². The molecule has 3 aromatic carbocycles. The van der Waals surface area contributed by atoms with Crippen LogP contribution < -0.4 is 9.04 Å². The summed E-state index contributed by atoms with van der Waals surface area (Å²) in [6, 6.07) is 14.8. The molecule has 3 aromatic rings. The standard InChI is InChI=1S/C20H16ClF2NO3S/c1-27-16-9-11-17(12-10-16)28(25,26)24(15-7-5-14(22)6-8-15)13-18-19(21)3-2-4-20(18)23/h2-12H,13H2,1H3. The molecule has 3 rings (SSSR count). The van der Waals surface area contributed by atoms with Crippen molar-refractivity contribution in [2.75, 3.05) is 11.4 Å². The van der Waals surface area contributed by atoms with Gasteiger partial charge in [-0.3, -0.25) is 4.31 Å². The van der Waals surface area contributed by atoms with Crippen molar-refractivity contribution in [1.29, 1.82) is 0 Å². The Labute approximate surface area is 167 Å². The monoisotopic (exact) mass is 423 g/mol. The first-order chi connectivity index (χ1) is 13.3. The van der Waals surface area contributed by atoms with Gasteiger partial charge in [-0.05, 0) is 60.7 Å². The highest BCUT2D eigenvalue weighted by atomic mass is 35.5. The number of benzene rings is 3. The maximum atomic E-state index is 14.3. The normalized spacial score (nSPS) is 11.3. The van der Waals surface area contributed by atoms with Gasteiger partial charge in [-0.25, -0.2) is 17.2 Å². The second kappa shape index (κ2) is 8.16. The van der Waals surface area contributed by atoms with E-state index in [2.05, 4.69) is 0 Å². The van der Waals surface area contributed by atoms with Crippen LogP contribution >= 0.6 is 11.6 Å². The summed E-state index contributed by atoms with van der Waals surface area (Å²) in [6.07, 6.45) is 0. The van der Waals surface area contributed by atoms with E-state index in [9.17, 15) is 17.2 Å². The van der Waals surface area contributed by atoms with Crippen molar-refractivity contribution >= 4 is 27.3 Å². The van der Waals surface area contributed by atoms with Gasteiger partial charge in [0.1, 0.15) is 17.4 Å². The van der Waals surface area contributed by atoms with E-state index in [4.69, 9.17) is 16.3 Å². The average molecular weight is 424 g/mol. The predicted octanol–water partition coefficient (Wildman–Crippen LogP) is 5.02. The number of sulfonamides is 1. The van der Waals surface area contributed by atoms with E-state index in [1.54, 1.807) is 0 Å². The summed E-state index contributed by atoms with van der Waals surface area (Å²) in [4.78, 5) is -0.0231. The smallest absolute Gasteiger partial charge is 0.264 e. The summed E-state index contributed by atoms with van der Waals surface area (Å²) in [5.74, 6) is -0.663. The summed E-state index contributed by atoms with van der Waals surface area (Å²) < 4.78 is 60.2. The molecule has 0 aliphatic rings. The molecule has 0 fully saturated rings.